The second kappa shape index (κ2) is 5.28. The molecule has 1 aromatic heterocycles. The van der Waals surface area contributed by atoms with Crippen LogP contribution in [0.5, 0.6) is 5.75 Å². The van der Waals surface area contributed by atoms with E-state index in [4.69, 9.17) is 14.4 Å². The predicted octanol–water partition coefficient (Wildman–Crippen LogP) is 3.08. The van der Waals surface area contributed by atoms with Crippen LogP contribution < -0.4 is 10.1 Å². The Hall–Kier alpha value is -2.41. The molecule has 18 heavy (non-hydrogen) atoms. The van der Waals surface area contributed by atoms with Crippen molar-refractivity contribution in [1.82, 2.24) is 0 Å². The zero-order chi connectivity index (χ0) is 13.0. The number of nitriles is 1. The number of hydrogen-bond acceptors (Lipinski definition) is 4. The first-order valence-electron chi connectivity index (χ1n) is 5.60. The highest BCUT2D eigenvalue weighted by atomic mass is 16.5. The lowest BCUT2D eigenvalue weighted by atomic mass is 10.2. The van der Waals surface area contributed by atoms with Gasteiger partial charge in [0.15, 0.2) is 0 Å². The Morgan fingerprint density at radius 1 is 1.33 bits per heavy atom. The molecule has 0 unspecified atom stereocenters. The number of hydrogen-bond donors (Lipinski definition) is 1. The van der Waals surface area contributed by atoms with E-state index >= 15 is 0 Å². The monoisotopic (exact) mass is 242 g/mol. The van der Waals surface area contributed by atoms with Crippen LogP contribution in [0.25, 0.3) is 0 Å². The van der Waals surface area contributed by atoms with Crippen molar-refractivity contribution in [2.45, 2.75) is 13.5 Å². The predicted molar refractivity (Wildman–Crippen MR) is 68.5 cm³/mol. The first kappa shape index (κ1) is 12.1. The molecule has 2 rings (SSSR count). The Morgan fingerprint density at radius 2 is 2.17 bits per heavy atom. The second-order valence-electron chi connectivity index (χ2n) is 3.89. The van der Waals surface area contributed by atoms with Gasteiger partial charge in [-0.25, -0.2) is 0 Å². The van der Waals surface area contributed by atoms with Crippen LogP contribution >= 0.6 is 0 Å². The largest absolute Gasteiger partial charge is 0.495 e. The molecule has 1 aromatic carbocycles. The fourth-order valence-corrected chi connectivity index (χ4v) is 1.67. The normalized spacial score (nSPS) is 9.83. The van der Waals surface area contributed by atoms with Gasteiger partial charge in [0.25, 0.3) is 0 Å². The van der Waals surface area contributed by atoms with Gasteiger partial charge in [-0.15, -0.1) is 0 Å². The zero-order valence-electron chi connectivity index (χ0n) is 10.4. The van der Waals surface area contributed by atoms with Gasteiger partial charge in [-0.2, -0.15) is 5.26 Å². The van der Waals surface area contributed by atoms with Gasteiger partial charge in [-0.3, -0.25) is 0 Å². The molecule has 0 saturated heterocycles. The van der Waals surface area contributed by atoms with Gasteiger partial charge in [0.2, 0.25) is 0 Å². The van der Waals surface area contributed by atoms with E-state index in [9.17, 15) is 0 Å². The molecular formula is C14H14N2O2. The molecule has 0 amide bonds. The fourth-order valence-electron chi connectivity index (χ4n) is 1.67. The highest BCUT2D eigenvalue weighted by molar-refractivity contribution is 5.59. The highest BCUT2D eigenvalue weighted by Crippen LogP contribution is 2.25. The fraction of sp³-hybridized carbons (Fsp3) is 0.214. The van der Waals surface area contributed by atoms with Crippen LogP contribution in [0.1, 0.15) is 17.1 Å². The number of aryl methyl sites for hydroxylation is 1. The lowest BCUT2D eigenvalue weighted by Gasteiger charge is -2.10. The number of rotatable bonds is 4. The maximum Gasteiger partial charge on any atom is 0.143 e. The Labute approximate surface area is 106 Å². The summed E-state index contributed by atoms with van der Waals surface area (Å²) < 4.78 is 10.7. The van der Waals surface area contributed by atoms with E-state index in [1.165, 1.54) is 0 Å². The van der Waals surface area contributed by atoms with Gasteiger partial charge < -0.3 is 14.5 Å². The maximum atomic E-state index is 8.82. The van der Waals surface area contributed by atoms with Gasteiger partial charge in [-0.1, -0.05) is 0 Å². The number of methoxy groups -OCH3 is 1. The first-order valence-corrected chi connectivity index (χ1v) is 5.60. The van der Waals surface area contributed by atoms with Crippen molar-refractivity contribution in [3.63, 3.8) is 0 Å². The number of furan rings is 1. The van der Waals surface area contributed by atoms with Crippen molar-refractivity contribution in [1.29, 1.82) is 5.26 Å². The minimum atomic E-state index is 0.575. The van der Waals surface area contributed by atoms with Crippen LogP contribution in [-0.4, -0.2) is 7.11 Å². The number of ether oxygens (including phenoxy) is 1. The minimum Gasteiger partial charge on any atom is -0.495 e. The van der Waals surface area contributed by atoms with Crippen LogP contribution in [0, 0.1) is 18.3 Å². The van der Waals surface area contributed by atoms with Crippen LogP contribution in [-0.2, 0) is 6.54 Å². The molecule has 0 saturated carbocycles. The minimum absolute atomic E-state index is 0.575. The van der Waals surface area contributed by atoms with Gasteiger partial charge >= 0.3 is 0 Å². The molecule has 0 aliphatic heterocycles. The van der Waals surface area contributed by atoms with Crippen LogP contribution in [0.15, 0.2) is 34.7 Å². The molecule has 92 valence electrons. The van der Waals surface area contributed by atoms with Crippen molar-refractivity contribution in [3.05, 3.63) is 47.4 Å². The van der Waals surface area contributed by atoms with Gasteiger partial charge in [0.1, 0.15) is 17.3 Å². The summed E-state index contributed by atoms with van der Waals surface area (Å²) in [7, 11) is 1.58. The van der Waals surface area contributed by atoms with Gasteiger partial charge in [-0.05, 0) is 31.2 Å². The molecule has 0 atom stereocenters. The second-order valence-corrected chi connectivity index (χ2v) is 3.89. The lowest BCUT2D eigenvalue weighted by molar-refractivity contribution is 0.416. The molecule has 2 aromatic rings. The SMILES string of the molecule is COc1cc(C#N)ccc1NCc1ccc(C)o1. The number of nitrogens with zero attached hydrogens (tertiary/aromatic N) is 1. The van der Waals surface area contributed by atoms with Crippen molar-refractivity contribution >= 4 is 5.69 Å². The number of anilines is 1. The van der Waals surface area contributed by atoms with E-state index in [0.717, 1.165) is 17.2 Å². The van der Waals surface area contributed by atoms with Gasteiger partial charge in [0.05, 0.1) is 31.0 Å². The van der Waals surface area contributed by atoms with E-state index in [-0.39, 0.29) is 0 Å². The molecule has 0 aliphatic rings. The summed E-state index contributed by atoms with van der Waals surface area (Å²) in [6.45, 7) is 2.49. The molecule has 1 N–H and O–H groups in total. The van der Waals surface area contributed by atoms with E-state index in [0.29, 0.717) is 17.9 Å². The average molecular weight is 242 g/mol. The summed E-state index contributed by atoms with van der Waals surface area (Å²) in [5, 5.41) is 12.0. The van der Waals surface area contributed by atoms with E-state index < -0.39 is 0 Å². The summed E-state index contributed by atoms with van der Waals surface area (Å²) in [4.78, 5) is 0. The maximum absolute atomic E-state index is 8.82. The lowest BCUT2D eigenvalue weighted by Crippen LogP contribution is -2.00. The Morgan fingerprint density at radius 3 is 2.78 bits per heavy atom. The topological polar surface area (TPSA) is 58.2 Å². The van der Waals surface area contributed by atoms with Crippen molar-refractivity contribution in [2.24, 2.45) is 0 Å². The van der Waals surface area contributed by atoms with Crippen LogP contribution in [0.3, 0.4) is 0 Å². The van der Waals surface area contributed by atoms with Crippen molar-refractivity contribution in [2.75, 3.05) is 12.4 Å². The molecule has 0 spiro atoms. The summed E-state index contributed by atoms with van der Waals surface area (Å²) in [6, 6.07) is 11.2. The van der Waals surface area contributed by atoms with Crippen molar-refractivity contribution in [3.8, 4) is 11.8 Å². The molecule has 4 heteroatoms. The van der Waals surface area contributed by atoms with Crippen LogP contribution in [0.2, 0.25) is 0 Å². The first-order chi connectivity index (χ1) is 8.72. The standard InChI is InChI=1S/C14H14N2O2/c1-10-3-5-12(18-10)9-16-13-6-4-11(8-15)7-14(13)17-2/h3-7,16H,9H2,1-2H3. The van der Waals surface area contributed by atoms with Crippen LogP contribution in [0.4, 0.5) is 5.69 Å². The molecule has 0 bridgehead atoms. The van der Waals surface area contributed by atoms with E-state index in [1.807, 2.05) is 25.1 Å². The Kier molecular flexibility index (Phi) is 3.54. The average Bonchev–Trinajstić information content (AvgIpc) is 2.82. The Balaban J connectivity index is 2.12. The van der Waals surface area contributed by atoms with E-state index in [1.54, 1.807) is 19.2 Å². The molecule has 0 aliphatic carbocycles. The number of benzene rings is 1. The molecular weight excluding hydrogens is 228 g/mol. The Bertz CT molecular complexity index is 582. The smallest absolute Gasteiger partial charge is 0.143 e. The third-order valence-electron chi connectivity index (χ3n) is 2.58. The molecule has 0 fully saturated rings. The summed E-state index contributed by atoms with van der Waals surface area (Å²) in [5.41, 5.74) is 1.41. The molecule has 1 heterocycles. The van der Waals surface area contributed by atoms with E-state index in [2.05, 4.69) is 11.4 Å². The van der Waals surface area contributed by atoms with Gasteiger partial charge in [0, 0.05) is 6.07 Å². The summed E-state index contributed by atoms with van der Waals surface area (Å²) in [6.07, 6.45) is 0. The molecule has 0 radical (unpaired) electrons. The summed E-state index contributed by atoms with van der Waals surface area (Å²) >= 11 is 0. The van der Waals surface area contributed by atoms with Crippen molar-refractivity contribution < 1.29 is 9.15 Å². The number of nitrogens with one attached hydrogen (secondary N) is 1. The third-order valence-corrected chi connectivity index (χ3v) is 2.58. The molecule has 4 nitrogen and oxygen atoms in total. The quantitative estimate of drug-likeness (QED) is 0.895. The summed E-state index contributed by atoms with van der Waals surface area (Å²) in [5.74, 6) is 2.40. The third kappa shape index (κ3) is 2.64. The zero-order valence-corrected chi connectivity index (χ0v) is 10.4. The highest BCUT2D eigenvalue weighted by Gasteiger charge is 2.05.